The molecule has 2 saturated heterocycles. The molecule has 2 aliphatic heterocycles. The maximum Gasteiger partial charge on any atom is 0.407 e. The van der Waals surface area contributed by atoms with E-state index in [0.717, 1.165) is 24.2 Å². The molecule has 1 unspecified atom stereocenters. The van der Waals surface area contributed by atoms with Gasteiger partial charge in [-0.05, 0) is 37.1 Å². The van der Waals surface area contributed by atoms with Crippen molar-refractivity contribution >= 4 is 12.0 Å². The van der Waals surface area contributed by atoms with Crippen LogP contribution in [0.25, 0.3) is 11.3 Å². The highest BCUT2D eigenvalue weighted by molar-refractivity contribution is 5.94. The summed E-state index contributed by atoms with van der Waals surface area (Å²) in [4.78, 5) is 25.9. The number of benzene rings is 1. The van der Waals surface area contributed by atoms with Crippen molar-refractivity contribution in [3.63, 3.8) is 0 Å². The van der Waals surface area contributed by atoms with Crippen LogP contribution in [0.2, 0.25) is 0 Å². The first-order valence-corrected chi connectivity index (χ1v) is 8.05. The van der Waals surface area contributed by atoms with E-state index in [1.54, 1.807) is 23.3 Å². The summed E-state index contributed by atoms with van der Waals surface area (Å²) in [7, 11) is 0. The summed E-state index contributed by atoms with van der Waals surface area (Å²) in [5, 5.41) is 2.69. The number of nitrogens with zero attached hydrogens (tertiary/aromatic N) is 1. The first-order valence-electron chi connectivity index (χ1n) is 8.05. The monoisotopic (exact) mass is 326 g/mol. The third kappa shape index (κ3) is 2.64. The molecule has 6 nitrogen and oxygen atoms in total. The second kappa shape index (κ2) is 5.70. The molecule has 2 amide bonds. The minimum atomic E-state index is -0.570. The summed E-state index contributed by atoms with van der Waals surface area (Å²) in [6.07, 6.45) is 2.84. The SMILES string of the molecule is O=C1NCC2(CCCN(C(=O)c3ccc(-c4ccco4)cc3)C2)O1. The summed E-state index contributed by atoms with van der Waals surface area (Å²) in [6.45, 7) is 1.58. The quantitative estimate of drug-likeness (QED) is 0.921. The molecule has 1 aromatic carbocycles. The fourth-order valence-electron chi connectivity index (χ4n) is 3.40. The lowest BCUT2D eigenvalue weighted by Crippen LogP contribution is -2.52. The van der Waals surface area contributed by atoms with E-state index in [-0.39, 0.29) is 5.91 Å². The van der Waals surface area contributed by atoms with Crippen LogP contribution in [0.3, 0.4) is 0 Å². The Labute approximate surface area is 139 Å². The third-order valence-electron chi connectivity index (χ3n) is 4.63. The second-order valence-corrected chi connectivity index (χ2v) is 6.31. The summed E-state index contributed by atoms with van der Waals surface area (Å²) < 4.78 is 10.8. The summed E-state index contributed by atoms with van der Waals surface area (Å²) >= 11 is 0. The maximum absolute atomic E-state index is 12.8. The zero-order valence-corrected chi connectivity index (χ0v) is 13.2. The van der Waals surface area contributed by atoms with Crippen LogP contribution >= 0.6 is 0 Å². The van der Waals surface area contributed by atoms with Crippen molar-refractivity contribution in [2.75, 3.05) is 19.6 Å². The zero-order valence-electron chi connectivity index (χ0n) is 13.2. The highest BCUT2D eigenvalue weighted by Gasteiger charge is 2.44. The number of hydrogen-bond acceptors (Lipinski definition) is 4. The van der Waals surface area contributed by atoms with E-state index >= 15 is 0 Å². The second-order valence-electron chi connectivity index (χ2n) is 6.31. The van der Waals surface area contributed by atoms with Gasteiger partial charge in [0.15, 0.2) is 0 Å². The number of nitrogens with one attached hydrogen (secondary N) is 1. The number of carbonyl (C=O) groups excluding carboxylic acids is 2. The van der Waals surface area contributed by atoms with Gasteiger partial charge in [0.1, 0.15) is 11.4 Å². The minimum Gasteiger partial charge on any atom is -0.464 e. The molecule has 0 aliphatic carbocycles. The van der Waals surface area contributed by atoms with Crippen LogP contribution in [0, 0.1) is 0 Å². The van der Waals surface area contributed by atoms with Gasteiger partial charge in [-0.1, -0.05) is 12.1 Å². The standard InChI is InChI=1S/C18H18N2O4/c21-16(14-6-4-13(5-7-14)15-3-1-10-23-15)20-9-2-8-18(12-20)11-19-17(22)24-18/h1,3-7,10H,2,8-9,11-12H2,(H,19,22). The first kappa shape index (κ1) is 14.8. The molecule has 0 bridgehead atoms. The third-order valence-corrected chi connectivity index (χ3v) is 4.63. The van der Waals surface area contributed by atoms with Gasteiger partial charge in [0.2, 0.25) is 0 Å². The number of alkyl carbamates (subject to hydrolysis) is 1. The Morgan fingerprint density at radius 2 is 2.04 bits per heavy atom. The molecule has 1 spiro atoms. The van der Waals surface area contributed by atoms with Crippen LogP contribution in [0.4, 0.5) is 4.79 Å². The molecule has 2 aromatic rings. The van der Waals surface area contributed by atoms with Crippen LogP contribution in [-0.4, -0.2) is 42.1 Å². The van der Waals surface area contributed by atoms with Crippen molar-refractivity contribution in [3.05, 3.63) is 48.2 Å². The van der Waals surface area contributed by atoms with E-state index in [9.17, 15) is 9.59 Å². The maximum atomic E-state index is 12.8. The average molecular weight is 326 g/mol. The van der Waals surface area contributed by atoms with E-state index < -0.39 is 11.7 Å². The molecule has 3 heterocycles. The number of furan rings is 1. The molecule has 4 rings (SSSR count). The Hall–Kier alpha value is -2.76. The molecule has 24 heavy (non-hydrogen) atoms. The zero-order chi connectivity index (χ0) is 16.6. The molecule has 2 aliphatic rings. The molecule has 6 heteroatoms. The van der Waals surface area contributed by atoms with Gasteiger partial charge < -0.3 is 19.4 Å². The van der Waals surface area contributed by atoms with Crippen LogP contribution in [-0.2, 0) is 4.74 Å². The largest absolute Gasteiger partial charge is 0.464 e. The van der Waals surface area contributed by atoms with Gasteiger partial charge in [-0.2, -0.15) is 0 Å². The van der Waals surface area contributed by atoms with Gasteiger partial charge in [0.05, 0.1) is 19.4 Å². The molecule has 1 N–H and O–H groups in total. The van der Waals surface area contributed by atoms with Crippen molar-refractivity contribution < 1.29 is 18.7 Å². The van der Waals surface area contributed by atoms with Crippen molar-refractivity contribution in [1.29, 1.82) is 0 Å². The van der Waals surface area contributed by atoms with Crippen molar-refractivity contribution in [2.24, 2.45) is 0 Å². The Kier molecular flexibility index (Phi) is 3.52. The normalized spacial score (nSPS) is 23.2. The number of likely N-dealkylation sites (tertiary alicyclic amines) is 1. The van der Waals surface area contributed by atoms with Gasteiger partial charge in [-0.3, -0.25) is 4.79 Å². The van der Waals surface area contributed by atoms with Crippen molar-refractivity contribution in [1.82, 2.24) is 10.2 Å². The summed E-state index contributed by atoms with van der Waals surface area (Å²) in [6, 6.07) is 11.1. The van der Waals surface area contributed by atoms with E-state index in [2.05, 4.69) is 5.32 Å². The van der Waals surface area contributed by atoms with Gasteiger partial charge >= 0.3 is 6.09 Å². The number of carbonyl (C=O) groups is 2. The summed E-state index contributed by atoms with van der Waals surface area (Å²) in [5.74, 6) is 0.734. The molecule has 1 aromatic heterocycles. The van der Waals surface area contributed by atoms with Crippen LogP contribution in [0.1, 0.15) is 23.2 Å². The smallest absolute Gasteiger partial charge is 0.407 e. The molecule has 124 valence electrons. The molecule has 0 radical (unpaired) electrons. The Morgan fingerprint density at radius 1 is 1.21 bits per heavy atom. The average Bonchev–Trinajstić information content (AvgIpc) is 3.25. The number of amides is 2. The predicted octanol–water partition coefficient (Wildman–Crippen LogP) is 2.66. The van der Waals surface area contributed by atoms with Crippen molar-refractivity contribution in [2.45, 2.75) is 18.4 Å². The molecular formula is C18H18N2O4. The number of ether oxygens (including phenoxy) is 1. The lowest BCUT2D eigenvalue weighted by molar-refractivity contribution is -0.00503. The van der Waals surface area contributed by atoms with E-state index in [1.165, 1.54) is 0 Å². The number of piperidine rings is 1. The minimum absolute atomic E-state index is 0.0389. The molecular weight excluding hydrogens is 308 g/mol. The Morgan fingerprint density at radius 3 is 2.71 bits per heavy atom. The van der Waals surface area contributed by atoms with Crippen LogP contribution in [0.5, 0.6) is 0 Å². The highest BCUT2D eigenvalue weighted by Crippen LogP contribution is 2.29. The number of rotatable bonds is 2. The Bertz CT molecular complexity index is 754. The molecule has 1 atom stereocenters. The van der Waals surface area contributed by atoms with Crippen molar-refractivity contribution in [3.8, 4) is 11.3 Å². The topological polar surface area (TPSA) is 71.8 Å². The van der Waals surface area contributed by atoms with Crippen LogP contribution in [0.15, 0.2) is 47.1 Å². The molecule has 0 saturated carbocycles. The lowest BCUT2D eigenvalue weighted by atomic mass is 9.92. The lowest BCUT2D eigenvalue weighted by Gasteiger charge is -2.38. The van der Waals surface area contributed by atoms with E-state index in [0.29, 0.717) is 25.2 Å². The van der Waals surface area contributed by atoms with Gasteiger partial charge in [0.25, 0.3) is 5.91 Å². The van der Waals surface area contributed by atoms with Gasteiger partial charge in [-0.25, -0.2) is 4.79 Å². The molecule has 2 fully saturated rings. The van der Waals surface area contributed by atoms with Gasteiger partial charge in [-0.15, -0.1) is 0 Å². The van der Waals surface area contributed by atoms with Gasteiger partial charge in [0, 0.05) is 17.7 Å². The highest BCUT2D eigenvalue weighted by atomic mass is 16.6. The van der Waals surface area contributed by atoms with E-state index in [4.69, 9.17) is 9.15 Å². The van der Waals surface area contributed by atoms with Crippen LogP contribution < -0.4 is 5.32 Å². The number of hydrogen-bond donors (Lipinski definition) is 1. The Balaban J connectivity index is 1.50. The van der Waals surface area contributed by atoms with E-state index in [1.807, 2.05) is 24.3 Å². The predicted molar refractivity (Wildman–Crippen MR) is 86.5 cm³/mol. The first-order chi connectivity index (χ1) is 11.7. The fraction of sp³-hybridized carbons (Fsp3) is 0.333. The fourth-order valence-corrected chi connectivity index (χ4v) is 3.40. The summed E-state index contributed by atoms with van der Waals surface area (Å²) in [5.41, 5.74) is 0.985.